The highest BCUT2D eigenvalue weighted by molar-refractivity contribution is 6.42. The summed E-state index contributed by atoms with van der Waals surface area (Å²) in [7, 11) is 0. The van der Waals surface area contributed by atoms with Crippen molar-refractivity contribution in [2.45, 2.75) is 6.92 Å². The first-order valence-electron chi connectivity index (χ1n) is 6.15. The number of rotatable bonds is 3. The minimum atomic E-state index is -0.313. The maximum absolute atomic E-state index is 12.2. The number of nitrogens with zero attached hydrogens (tertiary/aromatic N) is 1. The molecular formula is C15H13Cl2N3O. The average molecular weight is 322 g/mol. The molecule has 1 amide bonds. The second-order valence-corrected chi connectivity index (χ2v) is 5.02. The second kappa shape index (κ2) is 6.61. The summed E-state index contributed by atoms with van der Waals surface area (Å²) in [6.45, 7) is 5.59. The van der Waals surface area contributed by atoms with Gasteiger partial charge in [-0.3, -0.25) is 4.79 Å². The Morgan fingerprint density at radius 1 is 1.38 bits per heavy atom. The molecule has 0 unspecified atom stereocenters. The summed E-state index contributed by atoms with van der Waals surface area (Å²) >= 11 is 11.7. The summed E-state index contributed by atoms with van der Waals surface area (Å²) in [4.78, 5) is 16.5. The molecule has 1 heterocycles. The Labute approximate surface area is 132 Å². The SMILES string of the molecule is C=C1NC=CC1=N/C(=C\C)NC(=O)c1ccc(Cl)c(Cl)c1. The van der Waals surface area contributed by atoms with Crippen molar-refractivity contribution in [2.24, 2.45) is 4.99 Å². The van der Waals surface area contributed by atoms with E-state index in [9.17, 15) is 4.79 Å². The van der Waals surface area contributed by atoms with Crippen LogP contribution in [0.15, 0.2) is 59.6 Å². The van der Waals surface area contributed by atoms with E-state index in [-0.39, 0.29) is 5.91 Å². The maximum atomic E-state index is 12.2. The number of hydrogen-bond donors (Lipinski definition) is 2. The number of hydrogen-bond acceptors (Lipinski definition) is 3. The van der Waals surface area contributed by atoms with Gasteiger partial charge in [0.2, 0.25) is 0 Å². The van der Waals surface area contributed by atoms with Crippen molar-refractivity contribution in [3.8, 4) is 0 Å². The minimum absolute atomic E-state index is 0.313. The summed E-state index contributed by atoms with van der Waals surface area (Å²) in [6.07, 6.45) is 5.20. The lowest BCUT2D eigenvalue weighted by Gasteiger charge is -2.07. The number of amides is 1. The van der Waals surface area contributed by atoms with Crippen LogP contribution in [0.4, 0.5) is 0 Å². The molecule has 2 rings (SSSR count). The van der Waals surface area contributed by atoms with E-state index < -0.39 is 0 Å². The fourth-order valence-electron chi connectivity index (χ4n) is 1.62. The summed E-state index contributed by atoms with van der Waals surface area (Å²) in [5.74, 6) is 0.113. The zero-order valence-corrected chi connectivity index (χ0v) is 12.8. The first-order chi connectivity index (χ1) is 10.0. The molecular weight excluding hydrogens is 309 g/mol. The summed E-state index contributed by atoms with van der Waals surface area (Å²) in [5, 5.41) is 6.36. The van der Waals surface area contributed by atoms with Gasteiger partial charge in [0.25, 0.3) is 5.91 Å². The first-order valence-corrected chi connectivity index (χ1v) is 6.90. The van der Waals surface area contributed by atoms with Crippen LogP contribution in [0.3, 0.4) is 0 Å². The van der Waals surface area contributed by atoms with E-state index in [0.717, 1.165) is 0 Å². The van der Waals surface area contributed by atoms with Crippen LogP contribution in [0.5, 0.6) is 0 Å². The van der Waals surface area contributed by atoms with Gasteiger partial charge in [-0.2, -0.15) is 0 Å². The van der Waals surface area contributed by atoms with Crippen molar-refractivity contribution in [3.05, 3.63) is 70.3 Å². The molecule has 21 heavy (non-hydrogen) atoms. The molecule has 0 saturated carbocycles. The molecule has 0 saturated heterocycles. The molecule has 0 radical (unpaired) electrons. The lowest BCUT2D eigenvalue weighted by atomic mass is 10.2. The number of aliphatic imine (C=N–C) groups is 1. The average Bonchev–Trinajstić information content (AvgIpc) is 2.86. The van der Waals surface area contributed by atoms with Gasteiger partial charge < -0.3 is 10.6 Å². The van der Waals surface area contributed by atoms with Gasteiger partial charge in [0, 0.05) is 11.8 Å². The van der Waals surface area contributed by atoms with Crippen molar-refractivity contribution >= 4 is 34.8 Å². The summed E-state index contributed by atoms with van der Waals surface area (Å²) in [5.41, 5.74) is 1.75. The molecule has 0 atom stereocenters. The molecule has 1 aliphatic heterocycles. The largest absolute Gasteiger partial charge is 0.360 e. The number of nitrogens with one attached hydrogen (secondary N) is 2. The van der Waals surface area contributed by atoms with Crippen LogP contribution in [-0.4, -0.2) is 11.6 Å². The van der Waals surface area contributed by atoms with Crippen molar-refractivity contribution in [1.82, 2.24) is 10.6 Å². The minimum Gasteiger partial charge on any atom is -0.360 e. The van der Waals surface area contributed by atoms with E-state index >= 15 is 0 Å². The zero-order chi connectivity index (χ0) is 15.4. The Bertz CT molecular complexity index is 690. The zero-order valence-electron chi connectivity index (χ0n) is 11.3. The Balaban J connectivity index is 2.15. The van der Waals surface area contributed by atoms with Crippen LogP contribution in [0, 0.1) is 0 Å². The van der Waals surface area contributed by atoms with Crippen LogP contribution >= 0.6 is 23.2 Å². The quantitative estimate of drug-likeness (QED) is 0.892. The van der Waals surface area contributed by atoms with Crippen LogP contribution < -0.4 is 10.6 Å². The lowest BCUT2D eigenvalue weighted by Crippen LogP contribution is -2.22. The van der Waals surface area contributed by atoms with Crippen LogP contribution in [0.25, 0.3) is 0 Å². The Hall–Kier alpha value is -2.04. The van der Waals surface area contributed by atoms with Gasteiger partial charge in [0.1, 0.15) is 5.82 Å². The molecule has 0 aromatic heterocycles. The number of benzene rings is 1. The van der Waals surface area contributed by atoms with Crippen LogP contribution in [-0.2, 0) is 0 Å². The van der Waals surface area contributed by atoms with E-state index in [1.54, 1.807) is 37.4 Å². The topological polar surface area (TPSA) is 53.5 Å². The molecule has 4 nitrogen and oxygen atoms in total. The van der Waals surface area contributed by atoms with Crippen molar-refractivity contribution < 1.29 is 4.79 Å². The van der Waals surface area contributed by atoms with E-state index in [1.807, 2.05) is 0 Å². The molecule has 0 fully saturated rings. The third-order valence-corrected chi connectivity index (χ3v) is 3.48. The van der Waals surface area contributed by atoms with Crippen LogP contribution in [0.2, 0.25) is 10.0 Å². The molecule has 1 aliphatic rings. The van der Waals surface area contributed by atoms with E-state index in [2.05, 4.69) is 22.2 Å². The normalized spacial score (nSPS) is 16.2. The molecule has 108 valence electrons. The summed E-state index contributed by atoms with van der Waals surface area (Å²) in [6, 6.07) is 4.68. The summed E-state index contributed by atoms with van der Waals surface area (Å²) < 4.78 is 0. The molecule has 0 aliphatic carbocycles. The fraction of sp³-hybridized carbons (Fsp3) is 0.0667. The predicted octanol–water partition coefficient (Wildman–Crippen LogP) is 3.66. The standard InChI is InChI=1S/C15H13Cl2N3O/c1-3-14(19-13-6-7-18-9(13)2)20-15(21)10-4-5-11(16)12(17)8-10/h3-8,18H,2H2,1H3,(H,20,21)/b14-3+,19-13?. The Morgan fingerprint density at radius 3 is 2.71 bits per heavy atom. The van der Waals surface area contributed by atoms with Gasteiger partial charge >= 0.3 is 0 Å². The van der Waals surface area contributed by atoms with Crippen molar-refractivity contribution in [2.75, 3.05) is 0 Å². The molecule has 1 aromatic carbocycles. The van der Waals surface area contributed by atoms with Gasteiger partial charge in [0.15, 0.2) is 0 Å². The Kier molecular flexibility index (Phi) is 4.83. The number of carbonyl (C=O) groups excluding carboxylic acids is 1. The first kappa shape index (κ1) is 15.4. The predicted molar refractivity (Wildman–Crippen MR) is 86.5 cm³/mol. The molecule has 1 aromatic rings. The van der Waals surface area contributed by atoms with Gasteiger partial charge in [-0.05, 0) is 37.3 Å². The lowest BCUT2D eigenvalue weighted by molar-refractivity contribution is 0.0965. The Morgan fingerprint density at radius 2 is 2.14 bits per heavy atom. The smallest absolute Gasteiger partial charge is 0.256 e. The molecule has 0 bridgehead atoms. The molecule has 6 heteroatoms. The monoisotopic (exact) mass is 321 g/mol. The van der Waals surface area contributed by atoms with E-state index in [1.165, 1.54) is 6.07 Å². The molecule has 2 N–H and O–H groups in total. The van der Waals surface area contributed by atoms with E-state index in [0.29, 0.717) is 32.8 Å². The maximum Gasteiger partial charge on any atom is 0.256 e. The second-order valence-electron chi connectivity index (χ2n) is 4.21. The van der Waals surface area contributed by atoms with Crippen molar-refractivity contribution in [3.63, 3.8) is 0 Å². The highest BCUT2D eigenvalue weighted by Gasteiger charge is 2.11. The highest BCUT2D eigenvalue weighted by atomic mass is 35.5. The number of halogens is 2. The van der Waals surface area contributed by atoms with Crippen molar-refractivity contribution in [1.29, 1.82) is 0 Å². The van der Waals surface area contributed by atoms with Crippen LogP contribution in [0.1, 0.15) is 17.3 Å². The number of allylic oxidation sites excluding steroid dienone is 2. The van der Waals surface area contributed by atoms with Gasteiger partial charge in [-0.1, -0.05) is 29.8 Å². The highest BCUT2D eigenvalue weighted by Crippen LogP contribution is 2.22. The van der Waals surface area contributed by atoms with Gasteiger partial charge in [0.05, 0.1) is 21.5 Å². The fourth-order valence-corrected chi connectivity index (χ4v) is 1.92. The third kappa shape index (κ3) is 3.74. The van der Waals surface area contributed by atoms with Gasteiger partial charge in [-0.25, -0.2) is 4.99 Å². The number of carbonyl (C=O) groups is 1. The molecule has 0 spiro atoms. The third-order valence-electron chi connectivity index (χ3n) is 2.75. The van der Waals surface area contributed by atoms with E-state index in [4.69, 9.17) is 23.2 Å². The van der Waals surface area contributed by atoms with Gasteiger partial charge in [-0.15, -0.1) is 0 Å².